The Labute approximate surface area is 333 Å². The van der Waals surface area contributed by atoms with Crippen LogP contribution in [0.3, 0.4) is 0 Å². The van der Waals surface area contributed by atoms with Gasteiger partial charge in [-0.05, 0) is 123 Å². The quantitative estimate of drug-likeness (QED) is 0.168. The Hall–Kier alpha value is -8.01. The fourth-order valence-electron chi connectivity index (χ4n) is 9.08. The molecule has 2 aromatic heterocycles. The van der Waals surface area contributed by atoms with E-state index in [1.165, 1.54) is 22.3 Å². The van der Waals surface area contributed by atoms with Gasteiger partial charge < -0.3 is 13.6 Å². The summed E-state index contributed by atoms with van der Waals surface area (Å²) in [5, 5.41) is 0. The van der Waals surface area contributed by atoms with Gasteiger partial charge in [-0.15, -0.1) is 0 Å². The van der Waals surface area contributed by atoms with Crippen LogP contribution in [0.2, 0.25) is 0 Å². The van der Waals surface area contributed by atoms with Gasteiger partial charge in [-0.3, -0.25) is 0 Å². The molecule has 8 aromatic carbocycles. The van der Waals surface area contributed by atoms with Crippen molar-refractivity contribution in [3.05, 3.63) is 210 Å². The van der Waals surface area contributed by atoms with Crippen LogP contribution in [0, 0.1) is 6.57 Å². The summed E-state index contributed by atoms with van der Waals surface area (Å²) >= 11 is 0. The lowest BCUT2D eigenvalue weighted by Crippen LogP contribution is -2.32. The number of aromatic nitrogens is 2. The smallest absolute Gasteiger partial charge is 0.227 e. The van der Waals surface area contributed by atoms with Gasteiger partial charge in [0, 0.05) is 22.3 Å². The third-order valence-corrected chi connectivity index (χ3v) is 11.6. The van der Waals surface area contributed by atoms with Gasteiger partial charge in [0.1, 0.15) is 22.5 Å². The minimum Gasteiger partial charge on any atom is -0.457 e. The zero-order valence-electron chi connectivity index (χ0n) is 30.8. The first-order valence-electron chi connectivity index (χ1n) is 19.2. The Morgan fingerprint density at radius 1 is 0.414 bits per heavy atom. The molecule has 270 valence electrons. The summed E-state index contributed by atoms with van der Waals surface area (Å²) < 4.78 is 19.1. The first kappa shape index (κ1) is 32.3. The van der Waals surface area contributed by atoms with Gasteiger partial charge in [0.25, 0.3) is 0 Å². The molecule has 0 saturated heterocycles. The first-order chi connectivity index (χ1) is 28.6. The SMILES string of the molecule is [C-]#[N+]c1cc(-c2cc(-c3nc4ccccc4o3)cc(-c3nc4ccccc4o3)c2)cc(-c2ccc3c(c2)C2(c4ccccc4Oc4ccccc42)c2ccccc2-3)c1. The van der Waals surface area contributed by atoms with Crippen LogP contribution in [0.25, 0.3) is 83.3 Å². The van der Waals surface area contributed by atoms with Crippen molar-refractivity contribution < 1.29 is 13.6 Å². The lowest BCUT2D eigenvalue weighted by atomic mass is 9.66. The maximum atomic E-state index is 8.23. The minimum atomic E-state index is -0.601. The topological polar surface area (TPSA) is 65.7 Å². The van der Waals surface area contributed by atoms with Crippen LogP contribution in [0.1, 0.15) is 22.3 Å². The summed E-state index contributed by atoms with van der Waals surface area (Å²) in [7, 11) is 0. The minimum absolute atomic E-state index is 0.488. The van der Waals surface area contributed by atoms with E-state index in [1.807, 2.05) is 78.9 Å². The Balaban J connectivity index is 1.06. The van der Waals surface area contributed by atoms with Crippen LogP contribution in [0.5, 0.6) is 11.5 Å². The van der Waals surface area contributed by atoms with Gasteiger partial charge in [-0.25, -0.2) is 14.8 Å². The van der Waals surface area contributed by atoms with E-state index in [4.69, 9.17) is 30.1 Å². The Bertz CT molecular complexity index is 3160. The highest BCUT2D eigenvalue weighted by atomic mass is 16.5. The highest BCUT2D eigenvalue weighted by molar-refractivity contribution is 5.92. The van der Waals surface area contributed by atoms with E-state index < -0.39 is 5.41 Å². The van der Waals surface area contributed by atoms with Crippen molar-refractivity contribution in [3.8, 4) is 67.8 Å². The number of hydrogen-bond acceptors (Lipinski definition) is 5. The summed E-state index contributed by atoms with van der Waals surface area (Å²) in [6, 6.07) is 59.9. The number of ether oxygens (including phenoxy) is 1. The van der Waals surface area contributed by atoms with E-state index in [2.05, 4.69) is 102 Å². The molecule has 0 saturated carbocycles. The van der Waals surface area contributed by atoms with E-state index in [9.17, 15) is 0 Å². The lowest BCUT2D eigenvalue weighted by molar-refractivity contribution is 0.436. The zero-order valence-corrected chi connectivity index (χ0v) is 30.8. The van der Waals surface area contributed by atoms with Gasteiger partial charge in [-0.1, -0.05) is 97.1 Å². The lowest BCUT2D eigenvalue weighted by Gasteiger charge is -2.39. The predicted octanol–water partition coefficient (Wildman–Crippen LogP) is 13.7. The number of benzene rings is 8. The summed E-state index contributed by atoms with van der Waals surface area (Å²) in [6.07, 6.45) is 0. The summed E-state index contributed by atoms with van der Waals surface area (Å²) in [6.45, 7) is 8.23. The maximum absolute atomic E-state index is 8.23. The number of rotatable bonds is 4. The average molecular weight is 744 g/mol. The summed E-state index contributed by atoms with van der Waals surface area (Å²) in [5.74, 6) is 2.67. The van der Waals surface area contributed by atoms with Gasteiger partial charge >= 0.3 is 0 Å². The van der Waals surface area contributed by atoms with Crippen LogP contribution in [-0.2, 0) is 5.41 Å². The molecular formula is C52H29N3O3. The highest BCUT2D eigenvalue weighted by Gasteiger charge is 2.51. The molecule has 2 aliphatic rings. The molecule has 6 nitrogen and oxygen atoms in total. The van der Waals surface area contributed by atoms with Crippen molar-refractivity contribution in [1.29, 1.82) is 0 Å². The zero-order chi connectivity index (χ0) is 38.4. The van der Waals surface area contributed by atoms with Crippen molar-refractivity contribution in [3.63, 3.8) is 0 Å². The van der Waals surface area contributed by atoms with Crippen LogP contribution < -0.4 is 4.74 Å². The van der Waals surface area contributed by atoms with Gasteiger partial charge in [0.15, 0.2) is 16.9 Å². The Morgan fingerprint density at radius 3 is 1.52 bits per heavy atom. The molecule has 0 unspecified atom stereocenters. The normalized spacial score (nSPS) is 13.1. The van der Waals surface area contributed by atoms with Gasteiger partial charge in [-0.2, -0.15) is 0 Å². The molecule has 0 radical (unpaired) electrons. The van der Waals surface area contributed by atoms with Crippen molar-refractivity contribution in [2.45, 2.75) is 5.41 Å². The number of oxazole rings is 2. The molecule has 1 aliphatic heterocycles. The van der Waals surface area contributed by atoms with E-state index in [1.54, 1.807) is 0 Å². The molecule has 1 aliphatic carbocycles. The average Bonchev–Trinajstić information content (AvgIpc) is 4.00. The molecule has 1 spiro atoms. The summed E-state index contributed by atoms with van der Waals surface area (Å²) in [4.78, 5) is 13.7. The second kappa shape index (κ2) is 12.2. The molecule has 0 amide bonds. The highest BCUT2D eigenvalue weighted by Crippen LogP contribution is 2.62. The maximum Gasteiger partial charge on any atom is 0.227 e. The monoisotopic (exact) mass is 743 g/mol. The second-order valence-corrected chi connectivity index (χ2v) is 14.8. The van der Waals surface area contributed by atoms with Crippen molar-refractivity contribution in [2.24, 2.45) is 0 Å². The third kappa shape index (κ3) is 4.71. The van der Waals surface area contributed by atoms with Crippen molar-refractivity contribution in [1.82, 2.24) is 9.97 Å². The molecular weight excluding hydrogens is 715 g/mol. The van der Waals surface area contributed by atoms with Gasteiger partial charge in [0.2, 0.25) is 11.8 Å². The standard InChI is InChI=1S/C52H29N3O3/c1-53-37-28-33(31-22-23-39-38-12-2-3-13-40(38)52(43(39)30-31)41-14-4-8-18-46(41)56-47-19-9-5-15-42(47)52)24-34(29-37)32-25-35(50-54-44-16-6-10-20-48(44)57-50)27-36(26-32)51-55-45-17-7-11-21-49(45)58-51/h2-30H. The molecule has 0 fully saturated rings. The van der Waals surface area contributed by atoms with Crippen molar-refractivity contribution >= 4 is 27.9 Å². The van der Waals surface area contributed by atoms with E-state index in [0.717, 1.165) is 67.0 Å². The summed E-state index contributed by atoms with van der Waals surface area (Å²) in [5.41, 5.74) is 15.1. The molecule has 6 heteroatoms. The second-order valence-electron chi connectivity index (χ2n) is 14.8. The van der Waals surface area contributed by atoms with E-state index >= 15 is 0 Å². The molecule has 3 heterocycles. The number of hydrogen-bond donors (Lipinski definition) is 0. The van der Waals surface area contributed by atoms with E-state index in [-0.39, 0.29) is 0 Å². The fourth-order valence-corrected chi connectivity index (χ4v) is 9.08. The Morgan fingerprint density at radius 2 is 0.897 bits per heavy atom. The molecule has 58 heavy (non-hydrogen) atoms. The fraction of sp³-hybridized carbons (Fsp3) is 0.0192. The molecule has 0 N–H and O–H groups in total. The van der Waals surface area contributed by atoms with Crippen LogP contribution in [0.4, 0.5) is 5.69 Å². The molecule has 0 bridgehead atoms. The number of nitrogens with zero attached hydrogens (tertiary/aromatic N) is 3. The third-order valence-electron chi connectivity index (χ3n) is 11.6. The van der Waals surface area contributed by atoms with Crippen molar-refractivity contribution in [2.75, 3.05) is 0 Å². The first-order valence-corrected chi connectivity index (χ1v) is 19.2. The van der Waals surface area contributed by atoms with Crippen LogP contribution in [0.15, 0.2) is 185 Å². The largest absolute Gasteiger partial charge is 0.457 e. The van der Waals surface area contributed by atoms with E-state index in [0.29, 0.717) is 28.6 Å². The number of fused-ring (bicyclic) bond motifs is 11. The van der Waals surface area contributed by atoms with Gasteiger partial charge in [0.05, 0.1) is 12.0 Å². The number of para-hydroxylation sites is 6. The molecule has 10 aromatic rings. The molecule has 12 rings (SSSR count). The predicted molar refractivity (Wildman–Crippen MR) is 227 cm³/mol. The van der Waals surface area contributed by atoms with Crippen LogP contribution >= 0.6 is 0 Å². The van der Waals surface area contributed by atoms with Crippen LogP contribution in [-0.4, -0.2) is 9.97 Å². The molecule has 0 atom stereocenters. The Kier molecular flexibility index (Phi) is 6.81.